The van der Waals surface area contributed by atoms with Crippen LogP contribution in [0.15, 0.2) is 54.6 Å². The van der Waals surface area contributed by atoms with Crippen LogP contribution < -0.4 is 19.9 Å². The van der Waals surface area contributed by atoms with E-state index in [1.165, 1.54) is 11.8 Å². The second kappa shape index (κ2) is 17.3. The van der Waals surface area contributed by atoms with Crippen LogP contribution in [0.3, 0.4) is 0 Å². The maximum absolute atomic E-state index is 7.25. The van der Waals surface area contributed by atoms with Crippen LogP contribution in [-0.4, -0.2) is 41.7 Å². The number of amidine groups is 1. The van der Waals surface area contributed by atoms with E-state index in [1.807, 2.05) is 78.9 Å². The van der Waals surface area contributed by atoms with Gasteiger partial charge in [-0.15, -0.1) is 17.0 Å². The molecule has 202 valence electrons. The van der Waals surface area contributed by atoms with Gasteiger partial charge < -0.3 is 19.9 Å². The summed E-state index contributed by atoms with van der Waals surface area (Å²) in [4.78, 5) is 9.18. The first kappa shape index (κ1) is 30.9. The van der Waals surface area contributed by atoms with E-state index in [0.717, 1.165) is 65.4 Å². The summed E-state index contributed by atoms with van der Waals surface area (Å²) in [5.41, 5.74) is 8.97. The van der Waals surface area contributed by atoms with E-state index >= 15 is 0 Å². The zero-order valence-corrected chi connectivity index (χ0v) is 24.3. The lowest BCUT2D eigenvalue weighted by molar-refractivity contribution is 0.281. The summed E-state index contributed by atoms with van der Waals surface area (Å²) >= 11 is 1.39. The van der Waals surface area contributed by atoms with Gasteiger partial charge in [-0.25, -0.2) is 0 Å². The maximum atomic E-state index is 7.25. The molecular formula is C29H35BrN4O3S. The summed E-state index contributed by atoms with van der Waals surface area (Å²) in [6, 6.07) is 18.0. The third-order valence-corrected chi connectivity index (χ3v) is 6.20. The summed E-state index contributed by atoms with van der Waals surface area (Å²) in [7, 11) is 3.31. The first-order valence-electron chi connectivity index (χ1n) is 12.2. The SMILES string of the molecule is Br.COc1ccc(/C=C/c2cc(/C=C/c3ccc(OC)cc3)nc(OCCCCCCSC(=N)N)n2)cc1. The van der Waals surface area contributed by atoms with Crippen molar-refractivity contribution in [2.45, 2.75) is 25.7 Å². The molecule has 0 saturated heterocycles. The summed E-state index contributed by atoms with van der Waals surface area (Å²) in [6.45, 7) is 0.549. The van der Waals surface area contributed by atoms with Crippen molar-refractivity contribution < 1.29 is 14.2 Å². The van der Waals surface area contributed by atoms with E-state index < -0.39 is 0 Å². The summed E-state index contributed by atoms with van der Waals surface area (Å²) in [5, 5.41) is 7.43. The standard InChI is InChI=1S/C29H34N4O3S.BrH/c1-34-26-15-9-22(10-16-26)7-13-24-21-25(14-8-23-11-17-27(35-2)18-12-23)33-29(32-24)36-19-5-3-4-6-20-37-28(30)31;/h7-18,21H,3-6,19-20H2,1-2H3,(H3,30,31);1H/b13-7+,14-8+;. The first-order valence-corrected chi connectivity index (χ1v) is 13.2. The van der Waals surface area contributed by atoms with Crippen LogP contribution in [0.25, 0.3) is 24.3 Å². The molecule has 3 aromatic rings. The molecule has 0 unspecified atom stereocenters. The van der Waals surface area contributed by atoms with Gasteiger partial charge in [0.2, 0.25) is 0 Å². The molecule has 0 radical (unpaired) electrons. The molecule has 0 bridgehead atoms. The Labute approximate surface area is 239 Å². The van der Waals surface area contributed by atoms with Crippen molar-refractivity contribution in [3.63, 3.8) is 0 Å². The molecule has 2 aromatic carbocycles. The van der Waals surface area contributed by atoms with Crippen LogP contribution in [-0.2, 0) is 0 Å². The van der Waals surface area contributed by atoms with E-state index in [4.69, 9.17) is 25.4 Å². The highest BCUT2D eigenvalue weighted by Crippen LogP contribution is 2.18. The Morgan fingerprint density at radius 3 is 1.76 bits per heavy atom. The fourth-order valence-corrected chi connectivity index (χ4v) is 3.96. The van der Waals surface area contributed by atoms with Crippen molar-refractivity contribution in [3.8, 4) is 17.5 Å². The van der Waals surface area contributed by atoms with E-state index in [-0.39, 0.29) is 22.1 Å². The van der Waals surface area contributed by atoms with Crippen LogP contribution in [0.5, 0.6) is 17.5 Å². The fraction of sp³-hybridized carbons (Fsp3) is 0.276. The number of ether oxygens (including phenoxy) is 3. The predicted octanol–water partition coefficient (Wildman–Crippen LogP) is 6.98. The normalized spacial score (nSPS) is 10.9. The van der Waals surface area contributed by atoms with Gasteiger partial charge in [-0.05, 0) is 66.5 Å². The number of nitrogens with one attached hydrogen (secondary N) is 1. The molecule has 3 rings (SSSR count). The number of methoxy groups -OCH3 is 2. The lowest BCUT2D eigenvalue weighted by atomic mass is 10.1. The number of benzene rings is 2. The van der Waals surface area contributed by atoms with Crippen LogP contribution in [0, 0.1) is 5.41 Å². The van der Waals surface area contributed by atoms with E-state index in [0.29, 0.717) is 12.6 Å². The van der Waals surface area contributed by atoms with Crippen LogP contribution >= 0.6 is 28.7 Å². The second-order valence-electron chi connectivity index (χ2n) is 8.19. The number of rotatable bonds is 14. The number of hydrogen-bond donors (Lipinski definition) is 2. The molecule has 0 saturated carbocycles. The van der Waals surface area contributed by atoms with Crippen molar-refractivity contribution in [2.75, 3.05) is 26.6 Å². The van der Waals surface area contributed by atoms with Gasteiger partial charge in [-0.2, -0.15) is 9.97 Å². The fourth-order valence-electron chi connectivity index (χ4n) is 3.39. The van der Waals surface area contributed by atoms with Gasteiger partial charge >= 0.3 is 6.01 Å². The number of hydrogen-bond acceptors (Lipinski definition) is 7. The van der Waals surface area contributed by atoms with Crippen molar-refractivity contribution in [1.29, 1.82) is 5.41 Å². The monoisotopic (exact) mass is 598 g/mol. The summed E-state index contributed by atoms with van der Waals surface area (Å²) in [6.07, 6.45) is 12.0. The molecule has 1 aromatic heterocycles. The largest absolute Gasteiger partial charge is 0.497 e. The van der Waals surface area contributed by atoms with E-state index in [2.05, 4.69) is 9.97 Å². The van der Waals surface area contributed by atoms with Gasteiger partial charge in [0.25, 0.3) is 0 Å². The predicted molar refractivity (Wildman–Crippen MR) is 165 cm³/mol. The number of aromatic nitrogens is 2. The van der Waals surface area contributed by atoms with Crippen molar-refractivity contribution in [2.24, 2.45) is 5.73 Å². The average molecular weight is 600 g/mol. The zero-order chi connectivity index (χ0) is 26.3. The summed E-state index contributed by atoms with van der Waals surface area (Å²) in [5.74, 6) is 2.52. The Morgan fingerprint density at radius 2 is 1.29 bits per heavy atom. The molecule has 7 nitrogen and oxygen atoms in total. The maximum Gasteiger partial charge on any atom is 0.317 e. The average Bonchev–Trinajstić information content (AvgIpc) is 2.92. The van der Waals surface area contributed by atoms with Gasteiger partial charge in [-0.3, -0.25) is 5.41 Å². The van der Waals surface area contributed by atoms with Crippen molar-refractivity contribution in [1.82, 2.24) is 9.97 Å². The Hall–Kier alpha value is -3.30. The Morgan fingerprint density at radius 1 is 0.789 bits per heavy atom. The molecule has 0 amide bonds. The molecule has 0 aliphatic heterocycles. The zero-order valence-electron chi connectivity index (χ0n) is 21.8. The van der Waals surface area contributed by atoms with Crippen LogP contribution in [0.4, 0.5) is 0 Å². The molecule has 0 aliphatic rings. The highest BCUT2D eigenvalue weighted by Gasteiger charge is 2.04. The van der Waals surface area contributed by atoms with Gasteiger partial charge in [0, 0.05) is 5.75 Å². The third kappa shape index (κ3) is 11.4. The van der Waals surface area contributed by atoms with Crippen molar-refractivity contribution in [3.05, 3.63) is 77.1 Å². The molecule has 3 N–H and O–H groups in total. The molecular weight excluding hydrogens is 564 g/mol. The van der Waals surface area contributed by atoms with Crippen molar-refractivity contribution >= 4 is 58.2 Å². The molecule has 9 heteroatoms. The van der Waals surface area contributed by atoms with Gasteiger partial charge in [-0.1, -0.05) is 61.0 Å². The highest BCUT2D eigenvalue weighted by atomic mass is 79.9. The highest BCUT2D eigenvalue weighted by molar-refractivity contribution is 8.93. The number of nitrogens with two attached hydrogens (primary N) is 1. The topological polar surface area (TPSA) is 103 Å². The number of nitrogens with zero attached hydrogens (tertiary/aromatic N) is 2. The number of unbranched alkanes of at least 4 members (excludes halogenated alkanes) is 3. The summed E-state index contributed by atoms with van der Waals surface area (Å²) < 4.78 is 16.4. The Bertz CT molecular complexity index is 1110. The van der Waals surface area contributed by atoms with Gasteiger partial charge in [0.1, 0.15) is 11.5 Å². The lowest BCUT2D eigenvalue weighted by Crippen LogP contribution is -2.05. The van der Waals surface area contributed by atoms with Crippen LogP contribution in [0.1, 0.15) is 48.2 Å². The van der Waals surface area contributed by atoms with E-state index in [9.17, 15) is 0 Å². The Balaban J connectivity index is 0.00000507. The molecule has 0 fully saturated rings. The Kier molecular flexibility index (Phi) is 14.0. The molecule has 0 spiro atoms. The molecule has 0 atom stereocenters. The molecule has 1 heterocycles. The molecule has 38 heavy (non-hydrogen) atoms. The first-order chi connectivity index (χ1) is 18.1. The quantitative estimate of drug-likeness (QED) is 0.117. The van der Waals surface area contributed by atoms with Gasteiger partial charge in [0.05, 0.1) is 32.2 Å². The second-order valence-corrected chi connectivity index (χ2v) is 9.33. The number of halogens is 1. The third-order valence-electron chi connectivity index (χ3n) is 5.40. The van der Waals surface area contributed by atoms with Crippen LogP contribution in [0.2, 0.25) is 0 Å². The minimum absolute atomic E-state index is 0. The minimum Gasteiger partial charge on any atom is -0.497 e. The van der Waals surface area contributed by atoms with E-state index in [1.54, 1.807) is 14.2 Å². The minimum atomic E-state index is 0. The number of thioether (sulfide) groups is 1. The van der Waals surface area contributed by atoms with Gasteiger partial charge in [0.15, 0.2) is 5.17 Å². The lowest BCUT2D eigenvalue weighted by Gasteiger charge is -2.07. The molecule has 0 aliphatic carbocycles. The smallest absolute Gasteiger partial charge is 0.317 e.